The van der Waals surface area contributed by atoms with Gasteiger partial charge in [0.2, 0.25) is 5.78 Å². The largest absolute Gasteiger partial charge is 0.493 e. The van der Waals surface area contributed by atoms with Crippen LogP contribution < -0.4 is 14.8 Å². The number of carbonyl (C=O) groups excluding carboxylic acids is 2. The summed E-state index contributed by atoms with van der Waals surface area (Å²) >= 11 is 12.0. The standard InChI is InChI=1S/C29H32Cl2N2O4/c30-22-10-9-20(18-23(22)31)29(35)32-21-12-15-33(16-13-21)14-1-2-17-36-24-4-3-5-25-27(24)28(34)26(37-25)11-8-19-6-7-19/h3-5,9-11,18-19,21H,1-2,6-8,12-17H2,(H,32,35). The van der Waals surface area contributed by atoms with E-state index in [9.17, 15) is 9.59 Å². The Labute approximate surface area is 227 Å². The number of carbonyl (C=O) groups is 2. The maximum absolute atomic E-state index is 12.8. The average molecular weight is 543 g/mol. The lowest BCUT2D eigenvalue weighted by Gasteiger charge is -2.32. The third-order valence-electron chi connectivity index (χ3n) is 7.22. The summed E-state index contributed by atoms with van der Waals surface area (Å²) in [6.45, 7) is 3.43. The number of amides is 1. The Hall–Kier alpha value is -2.54. The van der Waals surface area contributed by atoms with Gasteiger partial charge in [0.25, 0.3) is 5.91 Å². The van der Waals surface area contributed by atoms with E-state index in [1.54, 1.807) is 18.2 Å². The summed E-state index contributed by atoms with van der Waals surface area (Å²) in [4.78, 5) is 27.8. The SMILES string of the molecule is O=C(NC1CCN(CCCCOc2cccc3c2C(=O)C(=CCC2CC2)O3)CC1)c1ccc(Cl)c(Cl)c1. The molecule has 8 heteroatoms. The second-order valence-electron chi connectivity index (χ2n) is 10.1. The number of ether oxygens (including phenoxy) is 2. The normalized spacial score (nSPS) is 19.1. The van der Waals surface area contributed by atoms with Crippen LogP contribution in [0.5, 0.6) is 11.5 Å². The third-order valence-corrected chi connectivity index (χ3v) is 7.96. The molecule has 0 unspecified atom stereocenters. The molecule has 1 saturated carbocycles. The summed E-state index contributed by atoms with van der Waals surface area (Å²) in [7, 11) is 0. The number of nitrogens with one attached hydrogen (secondary N) is 1. The summed E-state index contributed by atoms with van der Waals surface area (Å²) in [5, 5.41) is 3.94. The first kappa shape index (κ1) is 26.1. The Balaban J connectivity index is 1.01. The number of benzene rings is 2. The molecule has 2 fully saturated rings. The van der Waals surface area contributed by atoms with Crippen molar-refractivity contribution in [3.63, 3.8) is 0 Å². The summed E-state index contributed by atoms with van der Waals surface area (Å²) in [6.07, 6.45) is 9.07. The van der Waals surface area contributed by atoms with Crippen LogP contribution in [0.2, 0.25) is 10.0 Å². The summed E-state index contributed by atoms with van der Waals surface area (Å²) in [6, 6.07) is 10.6. The number of halogens is 2. The molecule has 1 amide bonds. The van der Waals surface area contributed by atoms with Crippen LogP contribution in [0.25, 0.3) is 0 Å². The van der Waals surface area contributed by atoms with Crippen molar-refractivity contribution < 1.29 is 19.1 Å². The van der Waals surface area contributed by atoms with Crippen LogP contribution in [0.15, 0.2) is 48.2 Å². The van der Waals surface area contributed by atoms with E-state index in [1.165, 1.54) is 12.8 Å². The fraction of sp³-hybridized carbons (Fsp3) is 0.448. The fourth-order valence-electron chi connectivity index (χ4n) is 4.82. The highest BCUT2D eigenvalue weighted by Crippen LogP contribution is 2.39. The molecule has 2 aromatic rings. The average Bonchev–Trinajstić information content (AvgIpc) is 3.67. The highest BCUT2D eigenvalue weighted by Gasteiger charge is 2.31. The van der Waals surface area contributed by atoms with Gasteiger partial charge in [0.15, 0.2) is 5.76 Å². The Bertz CT molecular complexity index is 1190. The molecule has 1 aliphatic carbocycles. The van der Waals surface area contributed by atoms with Gasteiger partial charge in [-0.05, 0) is 93.8 Å². The number of unbranched alkanes of at least 4 members (excludes halogenated alkanes) is 1. The zero-order valence-electron chi connectivity index (χ0n) is 20.8. The second kappa shape index (κ2) is 11.9. The van der Waals surface area contributed by atoms with Crippen LogP contribution >= 0.6 is 23.2 Å². The Morgan fingerprint density at radius 2 is 1.89 bits per heavy atom. The molecule has 0 atom stereocenters. The van der Waals surface area contributed by atoms with Gasteiger partial charge < -0.3 is 19.7 Å². The molecule has 0 spiro atoms. The van der Waals surface area contributed by atoms with Crippen LogP contribution in [0.3, 0.4) is 0 Å². The minimum absolute atomic E-state index is 0.0691. The lowest BCUT2D eigenvalue weighted by molar-refractivity contribution is 0.0909. The Morgan fingerprint density at radius 3 is 2.65 bits per heavy atom. The van der Waals surface area contributed by atoms with E-state index < -0.39 is 0 Å². The maximum Gasteiger partial charge on any atom is 0.251 e. The van der Waals surface area contributed by atoms with Crippen LogP contribution in [0.1, 0.15) is 65.7 Å². The number of ketones is 1. The smallest absolute Gasteiger partial charge is 0.251 e. The monoisotopic (exact) mass is 542 g/mol. The Kier molecular flexibility index (Phi) is 8.38. The van der Waals surface area contributed by atoms with Gasteiger partial charge in [-0.1, -0.05) is 29.3 Å². The van der Waals surface area contributed by atoms with Crippen LogP contribution in [-0.2, 0) is 0 Å². The van der Waals surface area contributed by atoms with Crippen molar-refractivity contribution in [2.75, 3.05) is 26.2 Å². The first-order valence-electron chi connectivity index (χ1n) is 13.1. The van der Waals surface area contributed by atoms with E-state index in [2.05, 4.69) is 10.2 Å². The number of hydrogen-bond donors (Lipinski definition) is 1. The fourth-order valence-corrected chi connectivity index (χ4v) is 5.11. The number of allylic oxidation sites excluding steroid dienone is 2. The number of hydrogen-bond acceptors (Lipinski definition) is 5. The van der Waals surface area contributed by atoms with Gasteiger partial charge in [-0.15, -0.1) is 0 Å². The molecular weight excluding hydrogens is 511 g/mol. The van der Waals surface area contributed by atoms with Crippen molar-refractivity contribution in [2.45, 2.75) is 51.0 Å². The molecule has 6 nitrogen and oxygen atoms in total. The number of rotatable bonds is 10. The molecule has 1 N–H and O–H groups in total. The number of likely N-dealkylation sites (tertiary alicyclic amines) is 1. The lowest BCUT2D eigenvalue weighted by Crippen LogP contribution is -2.44. The highest BCUT2D eigenvalue weighted by molar-refractivity contribution is 6.42. The van der Waals surface area contributed by atoms with E-state index in [0.29, 0.717) is 51.0 Å². The molecule has 2 aliphatic heterocycles. The molecule has 0 radical (unpaired) electrons. The number of fused-ring (bicyclic) bond motifs is 1. The molecule has 37 heavy (non-hydrogen) atoms. The van der Waals surface area contributed by atoms with Crippen molar-refractivity contribution in [3.05, 3.63) is 69.4 Å². The second-order valence-corrected chi connectivity index (χ2v) is 10.9. The van der Waals surface area contributed by atoms with Gasteiger partial charge >= 0.3 is 0 Å². The van der Waals surface area contributed by atoms with Crippen molar-refractivity contribution in [3.8, 4) is 11.5 Å². The van der Waals surface area contributed by atoms with E-state index in [1.807, 2.05) is 24.3 Å². The van der Waals surface area contributed by atoms with Crippen molar-refractivity contribution in [1.29, 1.82) is 0 Å². The number of Topliss-reactive ketones (excluding diaryl/α,β-unsaturated/α-hetero) is 1. The third kappa shape index (κ3) is 6.67. The van der Waals surface area contributed by atoms with E-state index in [4.69, 9.17) is 32.7 Å². The van der Waals surface area contributed by atoms with E-state index >= 15 is 0 Å². The molecular formula is C29H32Cl2N2O4. The molecule has 196 valence electrons. The molecule has 0 bridgehead atoms. The van der Waals surface area contributed by atoms with Crippen LogP contribution in [0, 0.1) is 5.92 Å². The van der Waals surface area contributed by atoms with Gasteiger partial charge in [-0.3, -0.25) is 9.59 Å². The molecule has 2 heterocycles. The molecule has 3 aliphatic rings. The molecule has 2 aromatic carbocycles. The van der Waals surface area contributed by atoms with Crippen LogP contribution in [-0.4, -0.2) is 48.9 Å². The first-order valence-corrected chi connectivity index (χ1v) is 13.9. The Morgan fingerprint density at radius 1 is 1.08 bits per heavy atom. The van der Waals surface area contributed by atoms with Gasteiger partial charge in [-0.2, -0.15) is 0 Å². The predicted octanol–water partition coefficient (Wildman–Crippen LogP) is 6.31. The van der Waals surface area contributed by atoms with Gasteiger partial charge in [0.1, 0.15) is 17.1 Å². The topological polar surface area (TPSA) is 67.9 Å². The minimum Gasteiger partial charge on any atom is -0.493 e. The molecule has 0 aromatic heterocycles. The van der Waals surface area contributed by atoms with Gasteiger partial charge in [-0.25, -0.2) is 0 Å². The van der Waals surface area contributed by atoms with Crippen molar-refractivity contribution in [1.82, 2.24) is 10.2 Å². The zero-order valence-corrected chi connectivity index (χ0v) is 22.3. The number of piperidine rings is 1. The van der Waals surface area contributed by atoms with Crippen molar-refractivity contribution in [2.24, 2.45) is 5.92 Å². The van der Waals surface area contributed by atoms with Gasteiger partial charge in [0.05, 0.1) is 16.7 Å². The zero-order chi connectivity index (χ0) is 25.8. The summed E-state index contributed by atoms with van der Waals surface area (Å²) in [5.41, 5.74) is 1.08. The minimum atomic E-state index is -0.115. The molecule has 1 saturated heterocycles. The summed E-state index contributed by atoms with van der Waals surface area (Å²) < 4.78 is 11.8. The molecule has 5 rings (SSSR count). The van der Waals surface area contributed by atoms with E-state index in [0.717, 1.165) is 51.7 Å². The lowest BCUT2D eigenvalue weighted by atomic mass is 10.0. The highest BCUT2D eigenvalue weighted by atomic mass is 35.5. The van der Waals surface area contributed by atoms with Crippen LogP contribution in [0.4, 0.5) is 0 Å². The van der Waals surface area contributed by atoms with Crippen molar-refractivity contribution >= 4 is 34.9 Å². The maximum atomic E-state index is 12.8. The quantitative estimate of drug-likeness (QED) is 0.281. The summed E-state index contributed by atoms with van der Waals surface area (Å²) in [5.74, 6) is 2.17. The predicted molar refractivity (Wildman–Crippen MR) is 145 cm³/mol. The van der Waals surface area contributed by atoms with Gasteiger partial charge in [0, 0.05) is 24.7 Å². The number of nitrogens with zero attached hydrogens (tertiary/aromatic N) is 1. The first-order chi connectivity index (χ1) is 18.0. The van der Waals surface area contributed by atoms with E-state index in [-0.39, 0.29) is 17.7 Å².